The summed E-state index contributed by atoms with van der Waals surface area (Å²) in [6.07, 6.45) is 0. The van der Waals surface area contributed by atoms with E-state index in [0.717, 1.165) is 9.37 Å². The third-order valence-electron chi connectivity index (χ3n) is 3.94. The van der Waals surface area contributed by atoms with Gasteiger partial charge in [-0.3, -0.25) is 15.0 Å². The van der Waals surface area contributed by atoms with Crippen molar-refractivity contribution in [1.29, 1.82) is 0 Å². The first-order valence-electron chi connectivity index (χ1n) is 7.06. The molecule has 2 amide bonds. The molecule has 1 saturated heterocycles. The number of fused-ring (bicyclic) bond motifs is 1. The Balaban J connectivity index is 1.98. The summed E-state index contributed by atoms with van der Waals surface area (Å²) in [5.74, 6) is -2.61. The lowest BCUT2D eigenvalue weighted by Gasteiger charge is -2.20. The Morgan fingerprint density at radius 2 is 2.04 bits per heavy atom. The summed E-state index contributed by atoms with van der Waals surface area (Å²) in [6.45, 7) is 3.39. The van der Waals surface area contributed by atoms with Gasteiger partial charge in [0.2, 0.25) is 5.91 Å². The molecule has 1 aromatic rings. The average molecular weight is 380 g/mol. The number of anilines is 1. The van der Waals surface area contributed by atoms with E-state index < -0.39 is 29.2 Å². The van der Waals surface area contributed by atoms with E-state index in [-0.39, 0.29) is 12.3 Å². The Morgan fingerprint density at radius 1 is 1.39 bits per heavy atom. The summed E-state index contributed by atoms with van der Waals surface area (Å²) in [5.41, 5.74) is 1.76. The lowest BCUT2D eigenvalue weighted by atomic mass is 9.86. The lowest BCUT2D eigenvalue weighted by molar-refractivity contribution is -0.136. The van der Waals surface area contributed by atoms with Gasteiger partial charge < -0.3 is 4.74 Å². The number of nitrogens with one attached hydrogen (secondary N) is 1. The van der Waals surface area contributed by atoms with Crippen LogP contribution in [0.5, 0.6) is 0 Å². The highest BCUT2D eigenvalue weighted by Gasteiger charge is 2.63. The topological polar surface area (TPSA) is 88.1 Å². The molecule has 8 heteroatoms. The van der Waals surface area contributed by atoms with Gasteiger partial charge in [-0.25, -0.2) is 9.69 Å². The molecular weight excluding hydrogens is 366 g/mol. The van der Waals surface area contributed by atoms with Gasteiger partial charge in [0.05, 0.1) is 12.3 Å². The first-order chi connectivity index (χ1) is 10.9. The van der Waals surface area contributed by atoms with Crippen LogP contribution in [0.1, 0.15) is 13.8 Å². The van der Waals surface area contributed by atoms with Crippen molar-refractivity contribution in [1.82, 2.24) is 5.43 Å². The fourth-order valence-electron chi connectivity index (χ4n) is 2.78. The number of rotatable bonds is 3. The second-order valence-corrected chi connectivity index (χ2v) is 6.34. The molecule has 0 aliphatic carbocycles. The predicted octanol–water partition coefficient (Wildman–Crippen LogP) is 1.22. The number of hydrazone groups is 1. The van der Waals surface area contributed by atoms with Gasteiger partial charge in [-0.15, -0.1) is 0 Å². The molecule has 0 aromatic heterocycles. The Hall–Kier alpha value is -2.22. The minimum absolute atomic E-state index is 0.0627. The highest BCUT2D eigenvalue weighted by atomic mass is 79.9. The number of nitrogens with zero attached hydrogens (tertiary/aromatic N) is 2. The predicted molar refractivity (Wildman–Crippen MR) is 85.7 cm³/mol. The maximum atomic E-state index is 12.8. The molecule has 1 N–H and O–H groups in total. The summed E-state index contributed by atoms with van der Waals surface area (Å²) in [7, 11) is 0. The minimum atomic E-state index is -1.27. The van der Waals surface area contributed by atoms with Crippen molar-refractivity contribution in [3.8, 4) is 0 Å². The standard InChI is InChI=1S/C15H14BrN3O4/c1-3-23-13(21)11-10-12(20)19(9-6-4-8(16)5-7-9)14(22)15(10,2)18-17-11/h4-7,10,18H,3H2,1-2H3/t10-,15-/m1/s1. The third-order valence-corrected chi connectivity index (χ3v) is 4.47. The molecule has 1 aromatic carbocycles. The molecule has 0 radical (unpaired) electrons. The van der Waals surface area contributed by atoms with Crippen molar-refractivity contribution in [3.63, 3.8) is 0 Å². The Morgan fingerprint density at radius 3 is 2.65 bits per heavy atom. The largest absolute Gasteiger partial charge is 0.461 e. The van der Waals surface area contributed by atoms with E-state index in [2.05, 4.69) is 26.5 Å². The molecule has 2 aliphatic heterocycles. The van der Waals surface area contributed by atoms with Gasteiger partial charge >= 0.3 is 5.97 Å². The summed E-state index contributed by atoms with van der Waals surface area (Å²) >= 11 is 3.31. The molecule has 0 saturated carbocycles. The van der Waals surface area contributed by atoms with Crippen LogP contribution >= 0.6 is 15.9 Å². The maximum absolute atomic E-state index is 12.8. The number of ether oxygens (including phenoxy) is 1. The number of benzene rings is 1. The quantitative estimate of drug-likeness (QED) is 0.629. The molecule has 120 valence electrons. The SMILES string of the molecule is CCOC(=O)C1=NN[C@@]2(C)C(=O)N(c3ccc(Br)cc3)C(=O)[C@@H]12. The molecule has 3 rings (SSSR count). The zero-order valence-corrected chi connectivity index (χ0v) is 14.1. The maximum Gasteiger partial charge on any atom is 0.355 e. The smallest absolute Gasteiger partial charge is 0.355 e. The molecule has 1 fully saturated rings. The second kappa shape index (κ2) is 5.45. The Bertz CT molecular complexity index is 731. The number of carbonyl (C=O) groups is 3. The van der Waals surface area contributed by atoms with E-state index >= 15 is 0 Å². The van der Waals surface area contributed by atoms with Gasteiger partial charge in [-0.05, 0) is 38.1 Å². The fraction of sp³-hybridized carbons (Fsp3) is 0.333. The van der Waals surface area contributed by atoms with Crippen molar-refractivity contribution in [3.05, 3.63) is 28.7 Å². The van der Waals surface area contributed by atoms with Crippen molar-refractivity contribution >= 4 is 45.1 Å². The van der Waals surface area contributed by atoms with Crippen LogP contribution in [0, 0.1) is 5.92 Å². The van der Waals surface area contributed by atoms with E-state index in [1.807, 2.05) is 0 Å². The molecule has 23 heavy (non-hydrogen) atoms. The number of halogens is 1. The zero-order valence-electron chi connectivity index (χ0n) is 12.5. The van der Waals surface area contributed by atoms with Crippen LogP contribution in [0.15, 0.2) is 33.8 Å². The monoisotopic (exact) mass is 379 g/mol. The van der Waals surface area contributed by atoms with Gasteiger partial charge in [0.1, 0.15) is 11.5 Å². The van der Waals surface area contributed by atoms with Gasteiger partial charge in [0, 0.05) is 4.47 Å². The van der Waals surface area contributed by atoms with Crippen LogP contribution in [0.3, 0.4) is 0 Å². The summed E-state index contributed by atoms with van der Waals surface area (Å²) < 4.78 is 5.75. The number of amides is 2. The molecule has 0 spiro atoms. The molecule has 7 nitrogen and oxygen atoms in total. The number of imide groups is 1. The van der Waals surface area contributed by atoms with Crippen LogP contribution in [0.2, 0.25) is 0 Å². The highest BCUT2D eigenvalue weighted by molar-refractivity contribution is 9.10. The van der Waals surface area contributed by atoms with E-state index in [0.29, 0.717) is 5.69 Å². The van der Waals surface area contributed by atoms with Crippen LogP contribution < -0.4 is 10.3 Å². The van der Waals surface area contributed by atoms with Crippen LogP contribution in [0.25, 0.3) is 0 Å². The number of esters is 1. The molecule has 2 aliphatic rings. The van der Waals surface area contributed by atoms with Gasteiger partial charge in [-0.1, -0.05) is 15.9 Å². The van der Waals surface area contributed by atoms with E-state index in [1.165, 1.54) is 0 Å². The minimum Gasteiger partial charge on any atom is -0.461 e. The first kappa shape index (κ1) is 15.7. The van der Waals surface area contributed by atoms with E-state index in [1.54, 1.807) is 38.1 Å². The van der Waals surface area contributed by atoms with Gasteiger partial charge in [0.25, 0.3) is 5.91 Å². The molecule has 2 heterocycles. The Labute approximate surface area is 140 Å². The van der Waals surface area contributed by atoms with Crippen LogP contribution in [0.4, 0.5) is 5.69 Å². The summed E-state index contributed by atoms with van der Waals surface area (Å²) in [4.78, 5) is 38.6. The summed E-state index contributed by atoms with van der Waals surface area (Å²) in [6, 6.07) is 6.79. The third kappa shape index (κ3) is 2.24. The van der Waals surface area contributed by atoms with E-state index in [4.69, 9.17) is 4.74 Å². The summed E-state index contributed by atoms with van der Waals surface area (Å²) in [5, 5.41) is 3.87. The average Bonchev–Trinajstić information content (AvgIpc) is 2.96. The first-order valence-corrected chi connectivity index (χ1v) is 7.85. The van der Waals surface area contributed by atoms with Crippen molar-refractivity contribution < 1.29 is 19.1 Å². The van der Waals surface area contributed by atoms with Crippen molar-refractivity contribution in [2.45, 2.75) is 19.4 Å². The second-order valence-electron chi connectivity index (χ2n) is 5.42. The Kier molecular flexibility index (Phi) is 3.71. The number of hydrogen-bond donors (Lipinski definition) is 1. The lowest BCUT2D eigenvalue weighted by Crippen LogP contribution is -2.48. The van der Waals surface area contributed by atoms with Crippen molar-refractivity contribution in [2.24, 2.45) is 11.0 Å². The molecule has 0 unspecified atom stereocenters. The van der Waals surface area contributed by atoms with E-state index in [9.17, 15) is 14.4 Å². The van der Waals surface area contributed by atoms with Gasteiger partial charge in [-0.2, -0.15) is 5.10 Å². The fourth-order valence-corrected chi connectivity index (χ4v) is 3.04. The molecule has 0 bridgehead atoms. The number of carbonyl (C=O) groups excluding carboxylic acids is 3. The van der Waals surface area contributed by atoms with Crippen LogP contribution in [-0.4, -0.2) is 35.6 Å². The van der Waals surface area contributed by atoms with Crippen molar-refractivity contribution in [2.75, 3.05) is 11.5 Å². The highest BCUT2D eigenvalue weighted by Crippen LogP contribution is 2.38. The van der Waals surface area contributed by atoms with Gasteiger partial charge in [0.15, 0.2) is 5.71 Å². The molecule has 2 atom stereocenters. The van der Waals surface area contributed by atoms with Crippen LogP contribution in [-0.2, 0) is 19.1 Å². The zero-order chi connectivity index (χ0) is 16.8. The molecular formula is C15H14BrN3O4. The normalized spacial score (nSPS) is 26.0. The number of hydrogen-bond acceptors (Lipinski definition) is 6.